The molecule has 0 aliphatic heterocycles. The second kappa shape index (κ2) is 5.44. The van der Waals surface area contributed by atoms with Crippen molar-refractivity contribution in [2.24, 2.45) is 0 Å². The van der Waals surface area contributed by atoms with Crippen molar-refractivity contribution < 1.29 is 15.0 Å². The molecule has 0 fully saturated rings. The van der Waals surface area contributed by atoms with Gasteiger partial charge in [0, 0.05) is 5.69 Å². The summed E-state index contributed by atoms with van der Waals surface area (Å²) in [5, 5.41) is 21.6. The minimum Gasteiger partial charge on any atom is -0.508 e. The van der Waals surface area contributed by atoms with Crippen molar-refractivity contribution in [3.8, 4) is 5.75 Å². The van der Waals surface area contributed by atoms with Gasteiger partial charge < -0.3 is 15.5 Å². The molecule has 0 radical (unpaired) electrons. The second-order valence-corrected chi connectivity index (χ2v) is 4.32. The number of aromatic hydroxyl groups is 1. The SMILES string of the molecule is Cc1ccccc1NC(C(=O)O)c1ccc(O)cc1. The van der Waals surface area contributed by atoms with Crippen LogP contribution in [0.1, 0.15) is 17.2 Å². The second-order valence-electron chi connectivity index (χ2n) is 4.32. The van der Waals surface area contributed by atoms with Crippen molar-refractivity contribution in [2.75, 3.05) is 5.32 Å². The zero-order valence-electron chi connectivity index (χ0n) is 10.5. The Bertz CT molecular complexity index is 578. The molecule has 0 spiro atoms. The normalized spacial score (nSPS) is 11.8. The summed E-state index contributed by atoms with van der Waals surface area (Å²) in [7, 11) is 0. The van der Waals surface area contributed by atoms with Crippen LogP contribution < -0.4 is 5.32 Å². The summed E-state index contributed by atoms with van der Waals surface area (Å²) in [6.07, 6.45) is 0. The average Bonchev–Trinajstić information content (AvgIpc) is 2.39. The van der Waals surface area contributed by atoms with Crippen LogP contribution in [0.5, 0.6) is 5.75 Å². The molecule has 2 aromatic carbocycles. The summed E-state index contributed by atoms with van der Waals surface area (Å²) in [6.45, 7) is 1.91. The molecule has 4 nitrogen and oxygen atoms in total. The van der Waals surface area contributed by atoms with Crippen LogP contribution in [0.25, 0.3) is 0 Å². The van der Waals surface area contributed by atoms with E-state index in [2.05, 4.69) is 5.32 Å². The molecule has 0 heterocycles. The van der Waals surface area contributed by atoms with Gasteiger partial charge in [-0.05, 0) is 36.2 Å². The minimum atomic E-state index is -0.964. The van der Waals surface area contributed by atoms with Crippen molar-refractivity contribution in [3.05, 3.63) is 59.7 Å². The molecular formula is C15H15NO3. The Kier molecular flexibility index (Phi) is 3.71. The fraction of sp³-hybridized carbons (Fsp3) is 0.133. The lowest BCUT2D eigenvalue weighted by molar-refractivity contribution is -0.138. The number of anilines is 1. The van der Waals surface area contributed by atoms with Crippen molar-refractivity contribution >= 4 is 11.7 Å². The standard InChI is InChI=1S/C15H15NO3/c1-10-4-2-3-5-13(10)16-14(15(18)19)11-6-8-12(17)9-7-11/h2-9,14,16-17H,1H3,(H,18,19). The molecule has 0 aliphatic carbocycles. The first-order valence-electron chi connectivity index (χ1n) is 5.92. The van der Waals surface area contributed by atoms with Crippen LogP contribution in [-0.4, -0.2) is 16.2 Å². The number of para-hydroxylation sites is 1. The summed E-state index contributed by atoms with van der Waals surface area (Å²) in [6, 6.07) is 12.8. The number of nitrogens with one attached hydrogen (secondary N) is 1. The van der Waals surface area contributed by atoms with Gasteiger partial charge in [0.05, 0.1) is 0 Å². The van der Waals surface area contributed by atoms with Crippen LogP contribution in [-0.2, 0) is 4.79 Å². The van der Waals surface area contributed by atoms with E-state index < -0.39 is 12.0 Å². The number of carboxylic acids is 1. The van der Waals surface area contributed by atoms with Crippen LogP contribution >= 0.6 is 0 Å². The Hall–Kier alpha value is -2.49. The van der Waals surface area contributed by atoms with Crippen molar-refractivity contribution in [3.63, 3.8) is 0 Å². The predicted octanol–water partition coefficient (Wildman–Crippen LogP) is 2.94. The van der Waals surface area contributed by atoms with E-state index in [9.17, 15) is 15.0 Å². The van der Waals surface area contributed by atoms with E-state index in [1.165, 1.54) is 12.1 Å². The number of benzene rings is 2. The van der Waals surface area contributed by atoms with Gasteiger partial charge in [0.2, 0.25) is 0 Å². The first kappa shape index (κ1) is 13.0. The lowest BCUT2D eigenvalue weighted by Gasteiger charge is -2.17. The number of rotatable bonds is 4. The maximum absolute atomic E-state index is 11.4. The predicted molar refractivity (Wildman–Crippen MR) is 73.3 cm³/mol. The largest absolute Gasteiger partial charge is 0.508 e. The summed E-state index contributed by atoms with van der Waals surface area (Å²) < 4.78 is 0. The van der Waals surface area contributed by atoms with E-state index in [0.29, 0.717) is 5.56 Å². The molecule has 0 amide bonds. The van der Waals surface area contributed by atoms with E-state index in [1.54, 1.807) is 12.1 Å². The number of hydrogen-bond donors (Lipinski definition) is 3. The van der Waals surface area contributed by atoms with Gasteiger partial charge in [-0.3, -0.25) is 0 Å². The zero-order chi connectivity index (χ0) is 13.8. The maximum atomic E-state index is 11.4. The van der Waals surface area contributed by atoms with Crippen LogP contribution in [0.2, 0.25) is 0 Å². The first-order valence-corrected chi connectivity index (χ1v) is 5.92. The highest BCUT2D eigenvalue weighted by atomic mass is 16.4. The molecule has 98 valence electrons. The number of hydrogen-bond acceptors (Lipinski definition) is 3. The van der Waals surface area contributed by atoms with Crippen molar-refractivity contribution in [2.45, 2.75) is 13.0 Å². The summed E-state index contributed by atoms with van der Waals surface area (Å²) >= 11 is 0. The number of phenols is 1. The maximum Gasteiger partial charge on any atom is 0.330 e. The van der Waals surface area contributed by atoms with Crippen molar-refractivity contribution in [1.82, 2.24) is 0 Å². The Labute approximate surface area is 111 Å². The molecule has 4 heteroatoms. The lowest BCUT2D eigenvalue weighted by atomic mass is 10.1. The molecule has 3 N–H and O–H groups in total. The smallest absolute Gasteiger partial charge is 0.330 e. The third-order valence-electron chi connectivity index (χ3n) is 2.92. The lowest BCUT2D eigenvalue weighted by Crippen LogP contribution is -2.20. The molecule has 0 saturated carbocycles. The first-order chi connectivity index (χ1) is 9.08. The van der Waals surface area contributed by atoms with Crippen LogP contribution in [0.4, 0.5) is 5.69 Å². The molecule has 2 aromatic rings. The third-order valence-corrected chi connectivity index (χ3v) is 2.92. The number of phenolic OH excluding ortho intramolecular Hbond substituents is 1. The van der Waals surface area contributed by atoms with Gasteiger partial charge in [-0.25, -0.2) is 4.79 Å². The molecule has 0 bridgehead atoms. The molecule has 0 aliphatic rings. The molecular weight excluding hydrogens is 242 g/mol. The number of aryl methyl sites for hydroxylation is 1. The molecule has 19 heavy (non-hydrogen) atoms. The molecule has 1 atom stereocenters. The van der Waals surface area contributed by atoms with Crippen LogP contribution in [0, 0.1) is 6.92 Å². The Morgan fingerprint density at radius 3 is 2.32 bits per heavy atom. The van der Waals surface area contributed by atoms with Crippen LogP contribution in [0.15, 0.2) is 48.5 Å². The third kappa shape index (κ3) is 3.04. The van der Waals surface area contributed by atoms with E-state index in [1.807, 2.05) is 31.2 Å². The van der Waals surface area contributed by atoms with E-state index in [-0.39, 0.29) is 5.75 Å². The molecule has 1 unspecified atom stereocenters. The van der Waals surface area contributed by atoms with Crippen molar-refractivity contribution in [1.29, 1.82) is 0 Å². The molecule has 2 rings (SSSR count). The van der Waals surface area contributed by atoms with E-state index in [0.717, 1.165) is 11.3 Å². The Morgan fingerprint density at radius 1 is 1.11 bits per heavy atom. The Balaban J connectivity index is 2.29. The van der Waals surface area contributed by atoms with Gasteiger partial charge in [0.25, 0.3) is 0 Å². The summed E-state index contributed by atoms with van der Waals surface area (Å²) in [5.74, 6) is -0.849. The topological polar surface area (TPSA) is 69.6 Å². The van der Waals surface area contributed by atoms with Gasteiger partial charge in [-0.2, -0.15) is 0 Å². The molecule has 0 aromatic heterocycles. The molecule has 0 saturated heterocycles. The van der Waals surface area contributed by atoms with Gasteiger partial charge in [0.1, 0.15) is 5.75 Å². The highest BCUT2D eigenvalue weighted by Gasteiger charge is 2.19. The monoisotopic (exact) mass is 257 g/mol. The van der Waals surface area contributed by atoms with Gasteiger partial charge >= 0.3 is 5.97 Å². The quantitative estimate of drug-likeness (QED) is 0.787. The van der Waals surface area contributed by atoms with Gasteiger partial charge in [0.15, 0.2) is 6.04 Å². The fourth-order valence-electron chi connectivity index (χ4n) is 1.84. The van der Waals surface area contributed by atoms with Gasteiger partial charge in [-0.15, -0.1) is 0 Å². The average molecular weight is 257 g/mol. The van der Waals surface area contributed by atoms with E-state index in [4.69, 9.17) is 0 Å². The minimum absolute atomic E-state index is 0.115. The highest BCUT2D eigenvalue weighted by molar-refractivity contribution is 5.79. The van der Waals surface area contributed by atoms with Gasteiger partial charge in [-0.1, -0.05) is 30.3 Å². The highest BCUT2D eigenvalue weighted by Crippen LogP contribution is 2.23. The number of carboxylic acid groups (broad SMARTS) is 1. The van der Waals surface area contributed by atoms with E-state index >= 15 is 0 Å². The fourth-order valence-corrected chi connectivity index (χ4v) is 1.84. The zero-order valence-corrected chi connectivity index (χ0v) is 10.5. The summed E-state index contributed by atoms with van der Waals surface area (Å²) in [4.78, 5) is 11.4. The Morgan fingerprint density at radius 2 is 1.74 bits per heavy atom. The summed E-state index contributed by atoms with van der Waals surface area (Å²) in [5.41, 5.74) is 2.35. The number of aliphatic carboxylic acids is 1. The number of carbonyl (C=O) groups is 1. The van der Waals surface area contributed by atoms with Crippen LogP contribution in [0.3, 0.4) is 0 Å².